The zero-order valence-electron chi connectivity index (χ0n) is 12.2. The lowest BCUT2D eigenvalue weighted by Gasteiger charge is -2.33. The van der Waals surface area contributed by atoms with Gasteiger partial charge in [0.15, 0.2) is 5.79 Å². The molecule has 1 aromatic rings. The summed E-state index contributed by atoms with van der Waals surface area (Å²) >= 11 is 0. The molecule has 20 heavy (non-hydrogen) atoms. The maximum Gasteiger partial charge on any atom is 0.194 e. The largest absolute Gasteiger partial charge is 0.385 e. The Morgan fingerprint density at radius 2 is 1.50 bits per heavy atom. The van der Waals surface area contributed by atoms with E-state index in [9.17, 15) is 5.11 Å². The van der Waals surface area contributed by atoms with E-state index in [0.29, 0.717) is 13.2 Å². The van der Waals surface area contributed by atoms with E-state index in [0.717, 1.165) is 43.2 Å². The molecule has 0 aromatic heterocycles. The molecule has 0 radical (unpaired) electrons. The highest BCUT2D eigenvalue weighted by Crippen LogP contribution is 2.39. The van der Waals surface area contributed by atoms with E-state index in [4.69, 9.17) is 9.47 Å². The summed E-state index contributed by atoms with van der Waals surface area (Å²) in [6.07, 6.45) is 6.01. The molecule has 1 aromatic carbocycles. The molecule has 1 heterocycles. The Hall–Kier alpha value is -0.900. The Morgan fingerprint density at radius 3 is 2.05 bits per heavy atom. The fourth-order valence-corrected chi connectivity index (χ4v) is 3.49. The molecule has 3 rings (SSSR count). The van der Waals surface area contributed by atoms with Crippen LogP contribution in [0.15, 0.2) is 24.3 Å². The first kappa shape index (κ1) is 14.1. The molecule has 1 saturated carbocycles. The summed E-state index contributed by atoms with van der Waals surface area (Å²) in [6.45, 7) is 3.38. The summed E-state index contributed by atoms with van der Waals surface area (Å²) in [7, 11) is 0. The molecule has 1 aliphatic heterocycles. The third kappa shape index (κ3) is 2.39. The van der Waals surface area contributed by atoms with Gasteiger partial charge in [0, 0.05) is 12.0 Å². The fourth-order valence-electron chi connectivity index (χ4n) is 3.49. The molecular weight excluding hydrogens is 252 g/mol. The Balaban J connectivity index is 1.84. The number of hydrogen-bond donors (Lipinski definition) is 1. The van der Waals surface area contributed by atoms with Crippen molar-refractivity contribution in [1.82, 2.24) is 0 Å². The number of ether oxygens (including phenoxy) is 2. The maximum atomic E-state index is 10.8. The van der Waals surface area contributed by atoms with Gasteiger partial charge in [-0.25, -0.2) is 0 Å². The van der Waals surface area contributed by atoms with Gasteiger partial charge in [-0.3, -0.25) is 0 Å². The lowest BCUT2D eigenvalue weighted by molar-refractivity contribution is -0.167. The number of aliphatic hydroxyl groups is 1. The quantitative estimate of drug-likeness (QED) is 0.919. The van der Waals surface area contributed by atoms with Crippen LogP contribution in [-0.2, 0) is 20.9 Å². The van der Waals surface area contributed by atoms with Gasteiger partial charge in [0.25, 0.3) is 0 Å². The van der Waals surface area contributed by atoms with Gasteiger partial charge in [-0.2, -0.15) is 0 Å². The molecule has 3 nitrogen and oxygen atoms in total. The molecule has 2 aliphatic rings. The van der Waals surface area contributed by atoms with Crippen molar-refractivity contribution in [3.8, 4) is 0 Å². The molecular formula is C17H24O3. The van der Waals surface area contributed by atoms with Crippen molar-refractivity contribution in [2.75, 3.05) is 13.2 Å². The molecule has 0 amide bonds. The van der Waals surface area contributed by atoms with Gasteiger partial charge in [-0.1, -0.05) is 50.5 Å². The van der Waals surface area contributed by atoms with Gasteiger partial charge in [0.2, 0.25) is 0 Å². The fraction of sp³-hybridized carbons (Fsp3) is 0.647. The van der Waals surface area contributed by atoms with Crippen molar-refractivity contribution in [1.29, 1.82) is 0 Å². The van der Waals surface area contributed by atoms with Crippen LogP contribution in [0.5, 0.6) is 0 Å². The maximum absolute atomic E-state index is 10.8. The van der Waals surface area contributed by atoms with Crippen LogP contribution in [-0.4, -0.2) is 18.3 Å². The minimum Gasteiger partial charge on any atom is -0.385 e. The van der Waals surface area contributed by atoms with Crippen LogP contribution in [0.25, 0.3) is 0 Å². The van der Waals surface area contributed by atoms with E-state index in [1.54, 1.807) is 0 Å². The van der Waals surface area contributed by atoms with Gasteiger partial charge in [-0.15, -0.1) is 0 Å². The normalized spacial score (nSPS) is 24.7. The predicted molar refractivity (Wildman–Crippen MR) is 77.3 cm³/mol. The van der Waals surface area contributed by atoms with Crippen molar-refractivity contribution in [3.05, 3.63) is 35.4 Å². The first-order valence-electron chi connectivity index (χ1n) is 7.80. The van der Waals surface area contributed by atoms with E-state index < -0.39 is 11.4 Å². The summed E-state index contributed by atoms with van der Waals surface area (Å²) in [6, 6.07) is 8.19. The number of benzene rings is 1. The molecule has 0 spiro atoms. The molecule has 3 heteroatoms. The van der Waals surface area contributed by atoms with Crippen molar-refractivity contribution < 1.29 is 14.6 Å². The molecule has 1 aliphatic carbocycles. The van der Waals surface area contributed by atoms with Crippen molar-refractivity contribution in [3.63, 3.8) is 0 Å². The van der Waals surface area contributed by atoms with Gasteiger partial charge in [-0.05, 0) is 18.4 Å². The first-order chi connectivity index (χ1) is 9.69. The van der Waals surface area contributed by atoms with E-state index >= 15 is 0 Å². The number of hydrogen-bond acceptors (Lipinski definition) is 3. The second-order valence-corrected chi connectivity index (χ2v) is 5.97. The van der Waals surface area contributed by atoms with Crippen LogP contribution >= 0.6 is 0 Å². The summed E-state index contributed by atoms with van der Waals surface area (Å²) in [5.41, 5.74) is 1.46. The van der Waals surface area contributed by atoms with Crippen molar-refractivity contribution >= 4 is 0 Å². The summed E-state index contributed by atoms with van der Waals surface area (Å²) < 4.78 is 11.6. The Bertz CT molecular complexity index is 440. The number of rotatable bonds is 3. The molecule has 0 unspecified atom stereocenters. The lowest BCUT2D eigenvalue weighted by atomic mass is 9.79. The van der Waals surface area contributed by atoms with Crippen molar-refractivity contribution in [2.24, 2.45) is 0 Å². The molecule has 1 saturated heterocycles. The predicted octanol–water partition coefficient (Wildman–Crippen LogP) is 3.45. The molecule has 110 valence electrons. The van der Waals surface area contributed by atoms with Crippen LogP contribution < -0.4 is 0 Å². The first-order valence-corrected chi connectivity index (χ1v) is 7.80. The topological polar surface area (TPSA) is 38.7 Å². The average molecular weight is 276 g/mol. The SMILES string of the molecule is CCC1(c2ccc(C3(O)CCCCC3)cc2)OCCO1. The minimum atomic E-state index is -0.631. The Labute approximate surface area is 120 Å². The summed E-state index contributed by atoms with van der Waals surface area (Å²) in [4.78, 5) is 0. The van der Waals surface area contributed by atoms with Crippen molar-refractivity contribution in [2.45, 2.75) is 56.8 Å². The third-order valence-electron chi connectivity index (χ3n) is 4.76. The zero-order chi connectivity index (χ0) is 14.1. The highest BCUT2D eigenvalue weighted by atomic mass is 16.7. The van der Waals surface area contributed by atoms with Gasteiger partial charge in [0.05, 0.1) is 18.8 Å². The molecule has 2 fully saturated rings. The molecule has 0 atom stereocenters. The summed E-state index contributed by atoms with van der Waals surface area (Å²) in [5.74, 6) is -0.576. The van der Waals surface area contributed by atoms with Gasteiger partial charge >= 0.3 is 0 Å². The van der Waals surface area contributed by atoms with Crippen LogP contribution in [0.1, 0.15) is 56.6 Å². The van der Waals surface area contributed by atoms with Crippen LogP contribution in [0, 0.1) is 0 Å². The second-order valence-electron chi connectivity index (χ2n) is 5.97. The van der Waals surface area contributed by atoms with Gasteiger partial charge in [0.1, 0.15) is 0 Å². The molecule has 1 N–H and O–H groups in total. The average Bonchev–Trinajstić information content (AvgIpc) is 2.98. The van der Waals surface area contributed by atoms with E-state index in [1.165, 1.54) is 6.42 Å². The van der Waals surface area contributed by atoms with Crippen LogP contribution in [0.2, 0.25) is 0 Å². The van der Waals surface area contributed by atoms with E-state index in [1.807, 2.05) is 12.1 Å². The highest BCUT2D eigenvalue weighted by Gasteiger charge is 2.37. The smallest absolute Gasteiger partial charge is 0.194 e. The molecule has 0 bridgehead atoms. The Kier molecular flexibility index (Phi) is 3.85. The van der Waals surface area contributed by atoms with E-state index in [-0.39, 0.29) is 0 Å². The monoisotopic (exact) mass is 276 g/mol. The van der Waals surface area contributed by atoms with Gasteiger partial charge < -0.3 is 14.6 Å². The lowest BCUT2D eigenvalue weighted by Crippen LogP contribution is -2.29. The van der Waals surface area contributed by atoms with Crippen LogP contribution in [0.4, 0.5) is 0 Å². The minimum absolute atomic E-state index is 0.576. The van der Waals surface area contributed by atoms with Crippen LogP contribution in [0.3, 0.4) is 0 Å². The third-order valence-corrected chi connectivity index (χ3v) is 4.76. The van der Waals surface area contributed by atoms with E-state index in [2.05, 4.69) is 19.1 Å². The second kappa shape index (κ2) is 5.47. The Morgan fingerprint density at radius 1 is 0.950 bits per heavy atom. The standard InChI is InChI=1S/C17H24O3/c1-2-17(19-12-13-20-17)15-8-6-14(7-9-15)16(18)10-4-3-5-11-16/h6-9,18H,2-5,10-13H2,1H3. The summed E-state index contributed by atoms with van der Waals surface area (Å²) in [5, 5.41) is 10.8. The zero-order valence-corrected chi connectivity index (χ0v) is 12.2. The highest BCUT2D eigenvalue weighted by molar-refractivity contribution is 5.30.